The normalized spacial score (nSPS) is 10.7. The van der Waals surface area contributed by atoms with Crippen LogP contribution < -0.4 is 15.8 Å². The van der Waals surface area contributed by atoms with Crippen molar-refractivity contribution in [1.29, 1.82) is 0 Å². The lowest BCUT2D eigenvalue weighted by atomic mass is 10.2. The summed E-state index contributed by atoms with van der Waals surface area (Å²) in [4.78, 5) is 14.1. The third kappa shape index (κ3) is 6.76. The van der Waals surface area contributed by atoms with Gasteiger partial charge in [0.25, 0.3) is 15.9 Å². The maximum atomic E-state index is 12.4. The molecule has 32 heavy (non-hydrogen) atoms. The van der Waals surface area contributed by atoms with Gasteiger partial charge in [0.1, 0.15) is 4.88 Å². The van der Waals surface area contributed by atoms with Crippen LogP contribution in [0.3, 0.4) is 0 Å². The van der Waals surface area contributed by atoms with Gasteiger partial charge in [0.15, 0.2) is 0 Å². The molecule has 0 fully saturated rings. The molecule has 0 spiro atoms. The Hall–Kier alpha value is -2.98. The van der Waals surface area contributed by atoms with E-state index in [0.29, 0.717) is 18.0 Å². The van der Waals surface area contributed by atoms with Gasteiger partial charge in [0, 0.05) is 18.0 Å². The number of nitrogens with two attached hydrogens (primary N) is 1. The second-order valence-corrected chi connectivity index (χ2v) is 10.2. The number of rotatable bonds is 7. The maximum absolute atomic E-state index is 12.4. The Balaban J connectivity index is 0.000000352. The molecule has 2 heterocycles. The zero-order valence-electron chi connectivity index (χ0n) is 17.1. The first kappa shape index (κ1) is 23.7. The van der Waals surface area contributed by atoms with E-state index in [4.69, 9.17) is 5.73 Å². The van der Waals surface area contributed by atoms with Gasteiger partial charge in [0.05, 0.1) is 10.6 Å². The first-order chi connectivity index (χ1) is 15.5. The lowest BCUT2D eigenvalue weighted by Crippen LogP contribution is -2.23. The zero-order valence-corrected chi connectivity index (χ0v) is 19.6. The van der Waals surface area contributed by atoms with E-state index in [9.17, 15) is 13.2 Å². The highest BCUT2D eigenvalue weighted by molar-refractivity contribution is 7.92. The summed E-state index contributed by atoms with van der Waals surface area (Å²) in [5.41, 5.74) is 6.55. The highest BCUT2D eigenvalue weighted by atomic mass is 32.2. The predicted octanol–water partition coefficient (Wildman–Crippen LogP) is 4.69. The van der Waals surface area contributed by atoms with Crippen LogP contribution >= 0.6 is 22.7 Å². The Morgan fingerprint density at radius 2 is 1.53 bits per heavy atom. The Morgan fingerprint density at radius 1 is 0.844 bits per heavy atom. The van der Waals surface area contributed by atoms with Crippen molar-refractivity contribution in [3.8, 4) is 0 Å². The van der Waals surface area contributed by atoms with Crippen LogP contribution in [0.1, 0.15) is 20.1 Å². The summed E-state index contributed by atoms with van der Waals surface area (Å²) in [6, 6.07) is 23.2. The van der Waals surface area contributed by atoms with E-state index in [1.165, 1.54) is 28.3 Å². The van der Waals surface area contributed by atoms with Crippen LogP contribution in [0.2, 0.25) is 0 Å². The number of hydrogen-bond acceptors (Lipinski definition) is 6. The quantitative estimate of drug-likeness (QED) is 0.354. The van der Waals surface area contributed by atoms with E-state index in [-0.39, 0.29) is 16.5 Å². The van der Waals surface area contributed by atoms with Crippen LogP contribution in [0.15, 0.2) is 94.5 Å². The first-order valence-corrected chi connectivity index (χ1v) is 12.9. The van der Waals surface area contributed by atoms with Crippen molar-refractivity contribution < 1.29 is 13.2 Å². The molecule has 1 amide bonds. The maximum Gasteiger partial charge on any atom is 0.263 e. The lowest BCUT2D eigenvalue weighted by molar-refractivity contribution is 0.0956. The number of hydrogen-bond donors (Lipinski definition) is 3. The molecule has 2 aromatic heterocycles. The molecule has 2 aromatic carbocycles. The van der Waals surface area contributed by atoms with Crippen LogP contribution in [-0.2, 0) is 23.1 Å². The molecule has 6 nitrogen and oxygen atoms in total. The van der Waals surface area contributed by atoms with E-state index in [2.05, 4.69) is 10.0 Å². The number of thiophene rings is 2. The fourth-order valence-electron chi connectivity index (χ4n) is 2.66. The Labute approximate surface area is 195 Å². The highest BCUT2D eigenvalue weighted by Gasteiger charge is 2.19. The number of nitrogens with one attached hydrogen (secondary N) is 2. The molecule has 0 atom stereocenters. The van der Waals surface area contributed by atoms with Crippen molar-refractivity contribution in [3.63, 3.8) is 0 Å². The Bertz CT molecular complexity index is 1210. The van der Waals surface area contributed by atoms with E-state index in [0.717, 1.165) is 5.56 Å². The first-order valence-electron chi connectivity index (χ1n) is 9.69. The van der Waals surface area contributed by atoms with Crippen molar-refractivity contribution in [2.45, 2.75) is 18.0 Å². The molecule has 0 saturated heterocycles. The van der Waals surface area contributed by atoms with Gasteiger partial charge in [0.2, 0.25) is 0 Å². The third-order valence-electron chi connectivity index (χ3n) is 4.25. The molecule has 0 aliphatic carbocycles. The number of sulfonamides is 1. The van der Waals surface area contributed by atoms with E-state index >= 15 is 0 Å². The van der Waals surface area contributed by atoms with Gasteiger partial charge >= 0.3 is 0 Å². The summed E-state index contributed by atoms with van der Waals surface area (Å²) in [6.45, 7) is 1.06. The average molecular weight is 486 g/mol. The molecule has 0 saturated carbocycles. The van der Waals surface area contributed by atoms with E-state index in [1.807, 2.05) is 47.8 Å². The van der Waals surface area contributed by atoms with Crippen LogP contribution in [0.4, 0.5) is 5.69 Å². The number of carbonyl (C=O) groups excluding carboxylic acids is 1. The summed E-state index contributed by atoms with van der Waals surface area (Å²) in [7, 11) is -3.73. The largest absolute Gasteiger partial charge is 0.347 e. The van der Waals surface area contributed by atoms with Crippen LogP contribution in [-0.4, -0.2) is 14.3 Å². The topological polar surface area (TPSA) is 101 Å². The second kappa shape index (κ2) is 11.6. The molecule has 4 N–H and O–H groups in total. The molecule has 4 aromatic rings. The second-order valence-electron chi connectivity index (χ2n) is 6.53. The molecule has 0 aliphatic rings. The molecular weight excluding hydrogens is 462 g/mol. The average Bonchev–Trinajstić information content (AvgIpc) is 3.51. The molecular formula is C23H23N3O3S3. The lowest BCUT2D eigenvalue weighted by Gasteiger charge is -2.09. The van der Waals surface area contributed by atoms with Gasteiger partial charge in [-0.3, -0.25) is 9.52 Å². The van der Waals surface area contributed by atoms with Gasteiger partial charge in [-0.25, -0.2) is 8.42 Å². The fraction of sp³-hybridized carbons (Fsp3) is 0.0870. The van der Waals surface area contributed by atoms with Crippen molar-refractivity contribution in [2.75, 3.05) is 4.72 Å². The predicted molar refractivity (Wildman–Crippen MR) is 131 cm³/mol. The summed E-state index contributed by atoms with van der Waals surface area (Å²) in [6.07, 6.45) is 0. The third-order valence-corrected chi connectivity index (χ3v) is 7.44. The monoisotopic (exact) mass is 485 g/mol. The molecule has 4 rings (SSSR count). The summed E-state index contributed by atoms with van der Waals surface area (Å²) < 4.78 is 27.3. The van der Waals surface area contributed by atoms with Gasteiger partial charge < -0.3 is 11.1 Å². The fourth-order valence-corrected chi connectivity index (χ4v) is 5.16. The molecule has 0 radical (unpaired) electrons. The SMILES string of the molecule is NCc1cccs1.O=C(NCc1ccccc1)c1sccc1NS(=O)(=O)c1ccccc1. The number of carbonyl (C=O) groups is 1. The molecule has 0 bridgehead atoms. The van der Waals surface area contributed by atoms with Crippen LogP contribution in [0, 0.1) is 0 Å². The van der Waals surface area contributed by atoms with Gasteiger partial charge in [-0.2, -0.15) is 0 Å². The summed E-state index contributed by atoms with van der Waals surface area (Å²) in [5.74, 6) is -0.315. The Kier molecular flexibility index (Phi) is 8.57. The molecule has 0 unspecified atom stereocenters. The Morgan fingerprint density at radius 3 is 2.12 bits per heavy atom. The van der Waals surface area contributed by atoms with Gasteiger partial charge in [-0.05, 0) is 40.6 Å². The molecule has 0 aliphatic heterocycles. The molecule has 166 valence electrons. The smallest absolute Gasteiger partial charge is 0.263 e. The number of benzene rings is 2. The van der Waals surface area contributed by atoms with Crippen LogP contribution in [0.25, 0.3) is 0 Å². The standard InChI is InChI=1S/C18H16N2O3S2.C5H7NS/c21-18(19-13-14-7-3-1-4-8-14)17-16(11-12-24-17)20-25(22,23)15-9-5-2-6-10-15;6-4-5-2-1-3-7-5/h1-12,20H,13H2,(H,19,21);1-3H,4,6H2. The zero-order chi connectivity index (χ0) is 22.8. The van der Waals surface area contributed by atoms with Crippen LogP contribution in [0.5, 0.6) is 0 Å². The van der Waals surface area contributed by atoms with Crippen molar-refractivity contribution in [2.24, 2.45) is 5.73 Å². The highest BCUT2D eigenvalue weighted by Crippen LogP contribution is 2.25. The minimum absolute atomic E-state index is 0.150. The van der Waals surface area contributed by atoms with Crippen molar-refractivity contribution in [1.82, 2.24) is 5.32 Å². The van der Waals surface area contributed by atoms with Crippen molar-refractivity contribution in [3.05, 3.63) is 105 Å². The van der Waals surface area contributed by atoms with Gasteiger partial charge in [-0.1, -0.05) is 54.6 Å². The van der Waals surface area contributed by atoms with Gasteiger partial charge in [-0.15, -0.1) is 22.7 Å². The number of anilines is 1. The van der Waals surface area contributed by atoms with Crippen molar-refractivity contribution >= 4 is 44.3 Å². The summed E-state index contributed by atoms with van der Waals surface area (Å²) in [5, 5.41) is 6.51. The van der Waals surface area contributed by atoms with E-state index < -0.39 is 10.0 Å². The van der Waals surface area contributed by atoms with E-state index in [1.54, 1.807) is 41.0 Å². The summed E-state index contributed by atoms with van der Waals surface area (Å²) >= 11 is 2.89. The molecule has 9 heteroatoms. The minimum atomic E-state index is -3.73. The minimum Gasteiger partial charge on any atom is -0.347 e. The number of amides is 1.